The molecular weight excluding hydrogens is 254 g/mol. The lowest BCUT2D eigenvalue weighted by atomic mass is 10.1. The Morgan fingerprint density at radius 1 is 1.72 bits per heavy atom. The summed E-state index contributed by atoms with van der Waals surface area (Å²) < 4.78 is 0. The zero-order valence-electron chi connectivity index (χ0n) is 9.98. The van der Waals surface area contributed by atoms with E-state index in [2.05, 4.69) is 10.3 Å². The third kappa shape index (κ3) is 4.22. The van der Waals surface area contributed by atoms with Crippen LogP contribution in [0.1, 0.15) is 25.3 Å². The number of carboxylic acid groups (broad SMARTS) is 1. The lowest BCUT2D eigenvalue weighted by molar-refractivity contribution is -0.137. The third-order valence-corrected chi connectivity index (χ3v) is 2.86. The Labute approximate surface area is 110 Å². The Hall–Kier alpha value is -1.80. The minimum absolute atomic E-state index is 0.141. The van der Waals surface area contributed by atoms with E-state index in [-0.39, 0.29) is 12.3 Å². The van der Waals surface area contributed by atoms with Gasteiger partial charge in [-0.05, 0) is 18.4 Å². The second-order valence-electron chi connectivity index (χ2n) is 4.05. The molecule has 0 aliphatic carbocycles. The molecule has 1 rings (SSSR count). The van der Waals surface area contributed by atoms with Crippen LogP contribution in [-0.2, 0) is 4.79 Å². The Morgan fingerprint density at radius 2 is 2.44 bits per heavy atom. The quantitative estimate of drug-likeness (QED) is 0.827. The molecular formula is C12H14ClN3O2. The number of hydrogen-bond donors (Lipinski definition) is 2. The summed E-state index contributed by atoms with van der Waals surface area (Å²) >= 11 is 5.98. The molecule has 2 N–H and O–H groups in total. The number of aromatic nitrogens is 1. The highest BCUT2D eigenvalue weighted by Gasteiger charge is 2.09. The van der Waals surface area contributed by atoms with Crippen molar-refractivity contribution in [3.05, 3.63) is 22.8 Å². The molecule has 0 aliphatic rings. The highest BCUT2D eigenvalue weighted by atomic mass is 35.5. The van der Waals surface area contributed by atoms with E-state index in [4.69, 9.17) is 22.0 Å². The smallest absolute Gasteiger partial charge is 0.303 e. The summed E-state index contributed by atoms with van der Waals surface area (Å²) in [5, 5.41) is 20.7. The van der Waals surface area contributed by atoms with E-state index in [0.717, 1.165) is 0 Å². The van der Waals surface area contributed by atoms with Gasteiger partial charge in [-0.15, -0.1) is 0 Å². The summed E-state index contributed by atoms with van der Waals surface area (Å²) in [6.45, 7) is 2.51. The third-order valence-electron chi connectivity index (χ3n) is 2.48. The fourth-order valence-electron chi connectivity index (χ4n) is 1.40. The van der Waals surface area contributed by atoms with Crippen molar-refractivity contribution in [2.24, 2.45) is 5.92 Å². The summed E-state index contributed by atoms with van der Waals surface area (Å²) in [5.74, 6) is -0.160. The molecule has 0 fully saturated rings. The van der Waals surface area contributed by atoms with Gasteiger partial charge < -0.3 is 10.4 Å². The van der Waals surface area contributed by atoms with Crippen molar-refractivity contribution in [1.82, 2.24) is 4.98 Å². The molecule has 0 radical (unpaired) electrons. The van der Waals surface area contributed by atoms with Gasteiger partial charge in [0.25, 0.3) is 0 Å². The first kappa shape index (κ1) is 14.3. The minimum Gasteiger partial charge on any atom is -0.481 e. The van der Waals surface area contributed by atoms with Gasteiger partial charge in [0.05, 0.1) is 5.56 Å². The number of anilines is 1. The molecule has 18 heavy (non-hydrogen) atoms. The van der Waals surface area contributed by atoms with Crippen LogP contribution in [0, 0.1) is 17.2 Å². The number of rotatable bonds is 6. The van der Waals surface area contributed by atoms with Gasteiger partial charge in [0.1, 0.15) is 16.9 Å². The van der Waals surface area contributed by atoms with Gasteiger partial charge in [-0.25, -0.2) is 4.98 Å². The molecule has 0 saturated carbocycles. The largest absolute Gasteiger partial charge is 0.481 e. The lowest BCUT2D eigenvalue weighted by Gasteiger charge is -2.13. The van der Waals surface area contributed by atoms with Gasteiger partial charge in [-0.3, -0.25) is 4.79 Å². The predicted molar refractivity (Wildman–Crippen MR) is 68.5 cm³/mol. The van der Waals surface area contributed by atoms with E-state index in [1.165, 1.54) is 6.20 Å². The van der Waals surface area contributed by atoms with Crippen molar-refractivity contribution < 1.29 is 9.90 Å². The second kappa shape index (κ2) is 6.82. The zero-order chi connectivity index (χ0) is 13.5. The lowest BCUT2D eigenvalue weighted by Crippen LogP contribution is -2.14. The molecule has 0 amide bonds. The molecule has 0 aliphatic heterocycles. The van der Waals surface area contributed by atoms with Gasteiger partial charge in [0.15, 0.2) is 0 Å². The standard InChI is InChI=1S/C12H14ClN3O2/c1-8(2-3-10(17)18)7-16-12-11(13)9(6-14)4-5-15-12/h4-5,8H,2-3,7H2,1H3,(H,15,16)(H,17,18). The molecule has 1 heterocycles. The molecule has 1 aromatic heterocycles. The molecule has 0 spiro atoms. The van der Waals surface area contributed by atoms with Crippen LogP contribution in [0.25, 0.3) is 0 Å². The number of hydrogen-bond acceptors (Lipinski definition) is 4. The molecule has 0 aromatic carbocycles. The first-order chi connectivity index (χ1) is 8.54. The van der Waals surface area contributed by atoms with Gasteiger partial charge in [-0.1, -0.05) is 18.5 Å². The van der Waals surface area contributed by atoms with Crippen molar-refractivity contribution in [2.75, 3.05) is 11.9 Å². The number of carboxylic acids is 1. The van der Waals surface area contributed by atoms with Gasteiger partial charge in [0, 0.05) is 19.2 Å². The fraction of sp³-hybridized carbons (Fsp3) is 0.417. The van der Waals surface area contributed by atoms with Crippen LogP contribution in [0.2, 0.25) is 5.02 Å². The maximum Gasteiger partial charge on any atom is 0.303 e. The number of carbonyl (C=O) groups is 1. The van der Waals surface area contributed by atoms with E-state index < -0.39 is 5.97 Å². The summed E-state index contributed by atoms with van der Waals surface area (Å²) in [6.07, 6.45) is 2.23. The Bertz CT molecular complexity index is 471. The molecule has 5 nitrogen and oxygen atoms in total. The van der Waals surface area contributed by atoms with Gasteiger partial charge in [-0.2, -0.15) is 5.26 Å². The average Bonchev–Trinajstić information content (AvgIpc) is 2.35. The van der Waals surface area contributed by atoms with Crippen molar-refractivity contribution in [3.8, 4) is 6.07 Å². The fourth-order valence-corrected chi connectivity index (χ4v) is 1.62. The SMILES string of the molecule is CC(CCC(=O)O)CNc1nccc(C#N)c1Cl. The predicted octanol–water partition coefficient (Wildman–Crippen LogP) is 2.52. The van der Waals surface area contributed by atoms with Crippen LogP contribution in [0.5, 0.6) is 0 Å². The first-order valence-corrected chi connectivity index (χ1v) is 5.92. The van der Waals surface area contributed by atoms with Crippen LogP contribution in [0.15, 0.2) is 12.3 Å². The average molecular weight is 268 g/mol. The maximum absolute atomic E-state index is 10.4. The maximum atomic E-state index is 10.4. The molecule has 1 unspecified atom stereocenters. The first-order valence-electron chi connectivity index (χ1n) is 5.55. The van der Waals surface area contributed by atoms with E-state index in [9.17, 15) is 4.79 Å². The van der Waals surface area contributed by atoms with E-state index in [1.54, 1.807) is 6.07 Å². The Kier molecular flexibility index (Phi) is 5.40. The van der Waals surface area contributed by atoms with Crippen molar-refractivity contribution >= 4 is 23.4 Å². The van der Waals surface area contributed by atoms with Crippen molar-refractivity contribution in [2.45, 2.75) is 19.8 Å². The number of aliphatic carboxylic acids is 1. The summed E-state index contributed by atoms with van der Waals surface area (Å²) in [7, 11) is 0. The number of halogens is 1. The normalized spacial score (nSPS) is 11.6. The van der Waals surface area contributed by atoms with E-state index in [0.29, 0.717) is 29.4 Å². The number of nitrogens with one attached hydrogen (secondary N) is 1. The van der Waals surface area contributed by atoms with Crippen molar-refractivity contribution in [3.63, 3.8) is 0 Å². The molecule has 0 bridgehead atoms. The van der Waals surface area contributed by atoms with E-state index in [1.807, 2.05) is 13.0 Å². The zero-order valence-corrected chi connectivity index (χ0v) is 10.7. The Balaban J connectivity index is 2.54. The highest BCUT2D eigenvalue weighted by molar-refractivity contribution is 6.34. The highest BCUT2D eigenvalue weighted by Crippen LogP contribution is 2.23. The van der Waals surface area contributed by atoms with E-state index >= 15 is 0 Å². The van der Waals surface area contributed by atoms with Gasteiger partial charge >= 0.3 is 5.97 Å². The topological polar surface area (TPSA) is 86.0 Å². The molecule has 96 valence electrons. The molecule has 6 heteroatoms. The summed E-state index contributed by atoms with van der Waals surface area (Å²) in [6, 6.07) is 3.52. The minimum atomic E-state index is -0.801. The van der Waals surface area contributed by atoms with Crippen LogP contribution in [-0.4, -0.2) is 22.6 Å². The second-order valence-corrected chi connectivity index (χ2v) is 4.43. The van der Waals surface area contributed by atoms with Crippen LogP contribution in [0.3, 0.4) is 0 Å². The van der Waals surface area contributed by atoms with Crippen LogP contribution in [0.4, 0.5) is 5.82 Å². The summed E-state index contributed by atoms with van der Waals surface area (Å²) in [5.41, 5.74) is 0.368. The van der Waals surface area contributed by atoms with Crippen LogP contribution < -0.4 is 5.32 Å². The number of nitrogens with zero attached hydrogens (tertiary/aromatic N) is 2. The number of nitriles is 1. The molecule has 1 atom stereocenters. The van der Waals surface area contributed by atoms with Gasteiger partial charge in [0.2, 0.25) is 0 Å². The molecule has 0 saturated heterocycles. The monoisotopic (exact) mass is 267 g/mol. The van der Waals surface area contributed by atoms with Crippen LogP contribution >= 0.6 is 11.6 Å². The summed E-state index contributed by atoms with van der Waals surface area (Å²) in [4.78, 5) is 14.5. The van der Waals surface area contributed by atoms with Crippen molar-refractivity contribution in [1.29, 1.82) is 5.26 Å². The number of pyridine rings is 1. The molecule has 1 aromatic rings. The Morgan fingerprint density at radius 3 is 3.06 bits per heavy atom.